The molecule has 16 bridgehead atoms. The predicted octanol–water partition coefficient (Wildman–Crippen LogP) is 25.3. The molecule has 3 N–H and O–H groups in total. The largest absolute Gasteiger partial charge is 0.508 e. The summed E-state index contributed by atoms with van der Waals surface area (Å²) in [7, 11) is 0. The molecule has 0 aliphatic heterocycles. The zero-order valence-electron chi connectivity index (χ0n) is 63.7. The second-order valence-corrected chi connectivity index (χ2v) is 37.8. The molecule has 97 heavy (non-hydrogen) atoms. The molecular formula is C94H140O3. The van der Waals surface area contributed by atoms with E-state index in [0.29, 0.717) is 28.1 Å². The van der Waals surface area contributed by atoms with Gasteiger partial charge in [0.25, 0.3) is 0 Å². The Labute approximate surface area is 594 Å². The maximum absolute atomic E-state index is 8.63. The fourth-order valence-electron chi connectivity index (χ4n) is 28.3. The molecule has 32 atom stereocenters. The summed E-state index contributed by atoms with van der Waals surface area (Å²) in [5, 5.41) is 25.9. The molecule has 0 heterocycles. The van der Waals surface area contributed by atoms with E-state index in [-0.39, 0.29) is 0 Å². The smallest absolute Gasteiger partial charge is 0.115 e. The Bertz CT molecular complexity index is 2650. The Balaban J connectivity index is 0.000000106. The number of phenols is 3. The van der Waals surface area contributed by atoms with Crippen molar-refractivity contribution in [2.75, 3.05) is 0 Å². The van der Waals surface area contributed by atoms with Crippen molar-refractivity contribution in [1.29, 1.82) is 0 Å². The average Bonchev–Trinajstić information content (AvgIpc) is 1.57. The maximum Gasteiger partial charge on any atom is 0.115 e. The van der Waals surface area contributed by atoms with Crippen molar-refractivity contribution in [3.8, 4) is 17.2 Å². The van der Waals surface area contributed by atoms with E-state index in [9.17, 15) is 0 Å². The molecule has 0 aromatic heterocycles. The molecule has 20 aliphatic carbocycles. The van der Waals surface area contributed by atoms with Gasteiger partial charge in [0.2, 0.25) is 0 Å². The zero-order chi connectivity index (χ0) is 68.6. The van der Waals surface area contributed by atoms with Crippen molar-refractivity contribution < 1.29 is 15.3 Å². The first kappa shape index (κ1) is 72.8. The van der Waals surface area contributed by atoms with Crippen LogP contribution in [0.5, 0.6) is 17.2 Å². The number of phenolic OH excluding ortho intramolecular Hbond substituents is 3. The Hall–Kier alpha value is -3.98. The Morgan fingerprint density at radius 1 is 0.237 bits per heavy atom. The summed E-state index contributed by atoms with van der Waals surface area (Å²) in [6, 6.07) is 26.1. The van der Waals surface area contributed by atoms with E-state index in [2.05, 4.69) is 104 Å². The van der Waals surface area contributed by atoms with E-state index in [1.807, 2.05) is 59.7 Å². The molecule has 20 aliphatic rings. The quantitative estimate of drug-likeness (QED) is 0.155. The van der Waals surface area contributed by atoms with Gasteiger partial charge < -0.3 is 15.3 Å². The lowest BCUT2D eigenvalue weighted by atomic mass is 9.64. The van der Waals surface area contributed by atoms with Crippen molar-refractivity contribution in [2.24, 2.45) is 200 Å². The molecule has 0 saturated heterocycles. The lowest BCUT2D eigenvalue weighted by Crippen LogP contribution is -2.36. The zero-order valence-corrected chi connectivity index (χ0v) is 63.7. The van der Waals surface area contributed by atoms with Crippen LogP contribution in [-0.4, -0.2) is 15.3 Å². The molecule has 534 valence electrons. The minimum absolute atomic E-state index is 0.322. The summed E-state index contributed by atoms with van der Waals surface area (Å²) in [6.45, 7) is 29.5. The second-order valence-electron chi connectivity index (χ2n) is 37.8. The monoisotopic (exact) mass is 1320 g/mol. The molecule has 0 radical (unpaired) electrons. The minimum atomic E-state index is 0.322. The fraction of sp³-hybridized carbons (Fsp3) is 0.723. The predicted molar refractivity (Wildman–Crippen MR) is 409 cm³/mol. The third kappa shape index (κ3) is 14.9. The van der Waals surface area contributed by atoms with Crippen LogP contribution in [0.3, 0.4) is 0 Å². The first-order chi connectivity index (χ1) is 46.9. The summed E-state index contributed by atoms with van der Waals surface area (Å²) in [5.74, 6) is 37.7. The van der Waals surface area contributed by atoms with Gasteiger partial charge in [-0.25, -0.2) is 0 Å². The fourth-order valence-corrected chi connectivity index (χ4v) is 28.3. The summed E-state index contributed by atoms with van der Waals surface area (Å²) >= 11 is 0. The number of para-hydroxylation sites is 3. The van der Waals surface area contributed by atoms with E-state index >= 15 is 0 Å². The molecule has 0 spiro atoms. The maximum atomic E-state index is 8.63. The van der Waals surface area contributed by atoms with Crippen molar-refractivity contribution in [3.63, 3.8) is 0 Å². The van der Waals surface area contributed by atoms with Crippen molar-refractivity contribution in [1.82, 2.24) is 0 Å². The third-order valence-electron chi connectivity index (χ3n) is 29.8. The van der Waals surface area contributed by atoms with E-state index in [1.54, 1.807) is 176 Å². The molecule has 3 nitrogen and oxygen atoms in total. The van der Waals surface area contributed by atoms with Crippen molar-refractivity contribution in [2.45, 2.75) is 225 Å². The van der Waals surface area contributed by atoms with E-state index < -0.39 is 0 Å². The number of aromatic hydroxyl groups is 3. The molecular weight excluding hydrogens is 1180 g/mol. The van der Waals surface area contributed by atoms with Gasteiger partial charge in [-0.1, -0.05) is 200 Å². The molecule has 16 fully saturated rings. The number of fused-ring (bicyclic) bond motifs is 48. The highest BCUT2D eigenvalue weighted by Gasteiger charge is 2.69. The minimum Gasteiger partial charge on any atom is -0.508 e. The van der Waals surface area contributed by atoms with Crippen LogP contribution < -0.4 is 0 Å². The normalized spacial score (nSPS) is 45.2. The van der Waals surface area contributed by atoms with Gasteiger partial charge in [0.15, 0.2) is 0 Å². The highest BCUT2D eigenvalue weighted by Crippen LogP contribution is 2.76. The lowest BCUT2D eigenvalue weighted by Gasteiger charge is -2.40. The van der Waals surface area contributed by atoms with Crippen LogP contribution in [0.2, 0.25) is 0 Å². The summed E-state index contributed by atoms with van der Waals surface area (Å²) in [4.78, 5) is 0. The van der Waals surface area contributed by atoms with Gasteiger partial charge in [-0.05, 0) is 365 Å². The summed E-state index contributed by atoms with van der Waals surface area (Å²) < 4.78 is 0. The van der Waals surface area contributed by atoms with Crippen LogP contribution in [0.25, 0.3) is 0 Å². The van der Waals surface area contributed by atoms with Crippen LogP contribution in [0.4, 0.5) is 0 Å². The molecule has 0 amide bonds. The van der Waals surface area contributed by atoms with Crippen molar-refractivity contribution >= 4 is 0 Å². The van der Waals surface area contributed by atoms with Gasteiger partial charge in [-0.3, -0.25) is 0 Å². The number of hydrogen-bond donors (Lipinski definition) is 3. The molecule has 3 aromatic rings. The van der Waals surface area contributed by atoms with E-state index in [1.165, 1.54) is 120 Å². The van der Waals surface area contributed by atoms with Crippen LogP contribution in [0, 0.1) is 200 Å². The molecule has 23 rings (SSSR count). The topological polar surface area (TPSA) is 60.7 Å². The van der Waals surface area contributed by atoms with Crippen LogP contribution in [0.1, 0.15) is 225 Å². The Morgan fingerprint density at radius 2 is 0.402 bits per heavy atom. The SMILES string of the molecule is C1=CC2C(C1)C1CC2C2C3CCC(C3)C12.C1=CC2C(C1)C1CC2C2C3CCC(C3)C12.C1=CC2C(C1)C1CC2C2C3CCC(C3)C12.C1=CC2C(C1)C1CC2C2C3CCC(C3)C12.CC.CC.CC.CC(C)(C)C.CC(C)(C)C.Oc1ccccc1.Oc1ccccc1.Oc1ccccc1. The standard InChI is InChI=1S/4C15H20.3C6H6O.2C5H12.3C2H6/c4*1-2-10-11(3-1)13-7-12(10)14-8-4-5-9(6-8)15(13)14;3*7-6-4-2-1-3-5-6;2*1-5(2,3)4;3*1-2/h4*1-2,8-15H,3-7H2;3*1-5,7H;2*1-4H3;3*1-2H3. The molecule has 32 unspecified atom stereocenters. The highest BCUT2D eigenvalue weighted by atomic mass is 16.3. The molecule has 16 saturated carbocycles. The van der Waals surface area contributed by atoms with Gasteiger partial charge in [0, 0.05) is 0 Å². The summed E-state index contributed by atoms with van der Waals surface area (Å²) in [6.07, 6.45) is 51.9. The Morgan fingerprint density at radius 3 is 0.557 bits per heavy atom. The van der Waals surface area contributed by atoms with E-state index in [0.717, 1.165) is 94.7 Å². The summed E-state index contributed by atoms with van der Waals surface area (Å²) in [5.41, 5.74) is 1.00. The van der Waals surface area contributed by atoms with Gasteiger partial charge >= 0.3 is 0 Å². The number of allylic oxidation sites excluding steroid dienone is 8. The van der Waals surface area contributed by atoms with Gasteiger partial charge in [-0.2, -0.15) is 0 Å². The number of benzene rings is 3. The van der Waals surface area contributed by atoms with Crippen LogP contribution in [-0.2, 0) is 0 Å². The lowest BCUT2D eigenvalue weighted by molar-refractivity contribution is 0.0823. The second kappa shape index (κ2) is 31.3. The number of rotatable bonds is 0. The molecule has 3 aromatic carbocycles. The van der Waals surface area contributed by atoms with Crippen LogP contribution in [0.15, 0.2) is 140 Å². The third-order valence-corrected chi connectivity index (χ3v) is 29.8. The van der Waals surface area contributed by atoms with Gasteiger partial charge in [0.1, 0.15) is 17.2 Å². The average molecular weight is 1320 g/mol. The number of hydrogen-bond acceptors (Lipinski definition) is 3. The van der Waals surface area contributed by atoms with E-state index in [4.69, 9.17) is 15.3 Å². The molecule has 3 heteroatoms. The van der Waals surface area contributed by atoms with Gasteiger partial charge in [0.05, 0.1) is 0 Å². The van der Waals surface area contributed by atoms with Gasteiger partial charge in [-0.15, -0.1) is 0 Å². The Kier molecular flexibility index (Phi) is 23.5. The first-order valence-corrected chi connectivity index (χ1v) is 41.8. The highest BCUT2D eigenvalue weighted by molar-refractivity contribution is 5.26. The van der Waals surface area contributed by atoms with Crippen LogP contribution >= 0.6 is 0 Å². The first-order valence-electron chi connectivity index (χ1n) is 41.8. The van der Waals surface area contributed by atoms with Crippen molar-refractivity contribution in [3.05, 3.63) is 140 Å².